The van der Waals surface area contributed by atoms with Crippen molar-refractivity contribution in [2.45, 2.75) is 24.4 Å². The Kier molecular flexibility index (Phi) is 5.60. The lowest BCUT2D eigenvalue weighted by Crippen LogP contribution is -2.65. The summed E-state index contributed by atoms with van der Waals surface area (Å²) in [6.07, 6.45) is 0.182. The molecule has 5 heteroatoms. The Morgan fingerprint density at radius 3 is 2.33 bits per heavy atom. The molecule has 4 nitrogen and oxygen atoms in total. The van der Waals surface area contributed by atoms with Gasteiger partial charge in [-0.15, -0.1) is 0 Å². The minimum absolute atomic E-state index is 0.178. The molecule has 3 aromatic carbocycles. The molecular formula is C25H21FN2O2. The summed E-state index contributed by atoms with van der Waals surface area (Å²) in [6.45, 7) is -0.235. The molecule has 150 valence electrons. The highest BCUT2D eigenvalue weighted by atomic mass is 19.1. The smallest absolute Gasteiger partial charge is 0.228 e. The molecule has 1 aliphatic rings. The number of rotatable bonds is 5. The van der Waals surface area contributed by atoms with Gasteiger partial charge in [-0.2, -0.15) is 5.26 Å². The number of carbonyl (C=O) groups is 1. The molecule has 3 aromatic rings. The highest BCUT2D eigenvalue weighted by molar-refractivity contribution is 5.82. The van der Waals surface area contributed by atoms with Crippen LogP contribution in [-0.2, 0) is 11.2 Å². The van der Waals surface area contributed by atoms with Gasteiger partial charge in [0.15, 0.2) is 0 Å². The third-order valence-electron chi connectivity index (χ3n) is 5.69. The van der Waals surface area contributed by atoms with Crippen LogP contribution >= 0.6 is 0 Å². The maximum atomic E-state index is 13.4. The molecule has 4 rings (SSSR count). The van der Waals surface area contributed by atoms with Gasteiger partial charge >= 0.3 is 0 Å². The van der Waals surface area contributed by atoms with Gasteiger partial charge in [0.2, 0.25) is 5.91 Å². The van der Waals surface area contributed by atoms with Crippen LogP contribution in [0.3, 0.4) is 0 Å². The average molecular weight is 400 g/mol. The lowest BCUT2D eigenvalue weighted by atomic mass is 9.73. The van der Waals surface area contributed by atoms with Crippen molar-refractivity contribution in [2.24, 2.45) is 0 Å². The fourth-order valence-corrected chi connectivity index (χ4v) is 4.26. The summed E-state index contributed by atoms with van der Waals surface area (Å²) in [5.41, 5.74) is 3.44. The molecule has 3 atom stereocenters. The molecule has 0 aliphatic carbocycles. The molecule has 1 fully saturated rings. The van der Waals surface area contributed by atoms with E-state index in [0.717, 1.165) is 22.3 Å². The van der Waals surface area contributed by atoms with Gasteiger partial charge < -0.3 is 10.0 Å². The number of aliphatic hydroxyl groups is 1. The van der Waals surface area contributed by atoms with Crippen molar-refractivity contribution in [3.8, 4) is 17.2 Å². The topological polar surface area (TPSA) is 64.3 Å². The quantitative estimate of drug-likeness (QED) is 0.706. The van der Waals surface area contributed by atoms with Gasteiger partial charge in [0.05, 0.1) is 25.1 Å². The van der Waals surface area contributed by atoms with Crippen molar-refractivity contribution < 1.29 is 14.3 Å². The summed E-state index contributed by atoms with van der Waals surface area (Å²) in [5.74, 6) is -0.816. The van der Waals surface area contributed by atoms with Gasteiger partial charge in [0.25, 0.3) is 0 Å². The number of benzene rings is 3. The maximum Gasteiger partial charge on any atom is 0.228 e. The summed E-state index contributed by atoms with van der Waals surface area (Å²) in [5, 5.41) is 19.9. The van der Waals surface area contributed by atoms with Crippen LogP contribution in [0.5, 0.6) is 0 Å². The van der Waals surface area contributed by atoms with Crippen LogP contribution in [0.25, 0.3) is 11.1 Å². The van der Waals surface area contributed by atoms with Crippen molar-refractivity contribution in [3.05, 3.63) is 95.8 Å². The van der Waals surface area contributed by atoms with Crippen LogP contribution in [0.4, 0.5) is 4.39 Å². The minimum Gasteiger partial charge on any atom is -0.394 e. The summed E-state index contributed by atoms with van der Waals surface area (Å²) >= 11 is 0. The largest absolute Gasteiger partial charge is 0.394 e. The molecule has 0 bridgehead atoms. The molecular weight excluding hydrogens is 379 g/mol. The van der Waals surface area contributed by atoms with Crippen molar-refractivity contribution in [1.82, 2.24) is 4.90 Å². The van der Waals surface area contributed by atoms with Crippen LogP contribution < -0.4 is 0 Å². The standard InChI is InChI=1S/C25H21FN2O2/c26-19-12-10-18(11-13-19)20-8-4-5-9-21(20)25-22(15-27)28(23(25)16-29)24(30)14-17-6-2-1-3-7-17/h1-13,22-23,25,29H,14,16H2/t22-,23+,25+/m1/s1. The molecule has 1 amide bonds. The number of halogens is 1. The molecule has 0 unspecified atom stereocenters. The molecule has 0 saturated carbocycles. The molecule has 1 aliphatic heterocycles. The Morgan fingerprint density at radius 2 is 1.67 bits per heavy atom. The van der Waals surface area contributed by atoms with Gasteiger partial charge in [0, 0.05) is 5.92 Å². The van der Waals surface area contributed by atoms with Crippen molar-refractivity contribution in [1.29, 1.82) is 5.26 Å². The van der Waals surface area contributed by atoms with E-state index in [2.05, 4.69) is 6.07 Å². The highest BCUT2D eigenvalue weighted by Crippen LogP contribution is 2.44. The normalized spacial score (nSPS) is 20.3. The fourth-order valence-electron chi connectivity index (χ4n) is 4.26. The van der Waals surface area contributed by atoms with E-state index < -0.39 is 12.1 Å². The summed E-state index contributed by atoms with van der Waals surface area (Å²) in [4.78, 5) is 14.4. The number of carbonyl (C=O) groups excluding carboxylic acids is 1. The van der Waals surface area contributed by atoms with E-state index in [0.29, 0.717) is 0 Å². The van der Waals surface area contributed by atoms with E-state index in [1.54, 1.807) is 12.1 Å². The van der Waals surface area contributed by atoms with Gasteiger partial charge in [-0.25, -0.2) is 4.39 Å². The third kappa shape index (κ3) is 3.58. The number of aliphatic hydroxyl groups excluding tert-OH is 1. The number of likely N-dealkylation sites (tertiary alicyclic amines) is 1. The van der Waals surface area contributed by atoms with E-state index in [9.17, 15) is 19.6 Å². The number of amides is 1. The number of hydrogen-bond acceptors (Lipinski definition) is 3. The Morgan fingerprint density at radius 1 is 1.00 bits per heavy atom. The molecule has 0 radical (unpaired) electrons. The number of hydrogen-bond donors (Lipinski definition) is 1. The SMILES string of the molecule is N#C[C@@H]1[C@H](c2ccccc2-c2ccc(F)cc2)[C@H](CO)N1C(=O)Cc1ccccc1. The predicted molar refractivity (Wildman–Crippen MR) is 112 cm³/mol. The molecule has 30 heavy (non-hydrogen) atoms. The first-order valence-corrected chi connectivity index (χ1v) is 9.84. The summed E-state index contributed by atoms with van der Waals surface area (Å²) in [6, 6.07) is 24.2. The number of nitrogens with zero attached hydrogens (tertiary/aromatic N) is 2. The molecule has 1 heterocycles. The van der Waals surface area contributed by atoms with Crippen LogP contribution in [0.1, 0.15) is 17.0 Å². The lowest BCUT2D eigenvalue weighted by Gasteiger charge is -2.52. The molecule has 0 spiro atoms. The van der Waals surface area contributed by atoms with E-state index >= 15 is 0 Å². The van der Waals surface area contributed by atoms with E-state index in [-0.39, 0.29) is 30.7 Å². The van der Waals surface area contributed by atoms with Crippen molar-refractivity contribution >= 4 is 5.91 Å². The van der Waals surface area contributed by atoms with Crippen LogP contribution in [0.2, 0.25) is 0 Å². The maximum absolute atomic E-state index is 13.4. The zero-order valence-corrected chi connectivity index (χ0v) is 16.3. The zero-order valence-electron chi connectivity index (χ0n) is 16.3. The van der Waals surface area contributed by atoms with Gasteiger partial charge in [-0.3, -0.25) is 4.79 Å². The van der Waals surface area contributed by atoms with E-state index in [4.69, 9.17) is 0 Å². The second-order valence-electron chi connectivity index (χ2n) is 7.41. The summed E-state index contributed by atoms with van der Waals surface area (Å²) < 4.78 is 13.4. The second kappa shape index (κ2) is 8.48. The minimum atomic E-state index is -0.667. The van der Waals surface area contributed by atoms with Gasteiger partial charge in [-0.05, 0) is 34.4 Å². The Bertz CT molecular complexity index is 1080. The third-order valence-corrected chi connectivity index (χ3v) is 5.69. The second-order valence-corrected chi connectivity index (χ2v) is 7.41. The molecule has 1 saturated heterocycles. The average Bonchev–Trinajstić information content (AvgIpc) is 2.75. The first kappa shape index (κ1) is 19.8. The molecule has 1 N–H and O–H groups in total. The van der Waals surface area contributed by atoms with E-state index in [1.165, 1.54) is 17.0 Å². The fraction of sp³-hybridized carbons (Fsp3) is 0.200. The predicted octanol–water partition coefficient (Wildman–Crippen LogP) is 3.91. The molecule has 0 aromatic heterocycles. The van der Waals surface area contributed by atoms with Crippen LogP contribution in [0.15, 0.2) is 78.9 Å². The highest BCUT2D eigenvalue weighted by Gasteiger charge is 2.51. The Hall–Kier alpha value is -3.49. The summed E-state index contributed by atoms with van der Waals surface area (Å²) in [7, 11) is 0. The Balaban J connectivity index is 1.65. The number of nitriles is 1. The zero-order chi connectivity index (χ0) is 21.1. The van der Waals surface area contributed by atoms with Crippen LogP contribution in [-0.4, -0.2) is 34.6 Å². The van der Waals surface area contributed by atoms with Crippen LogP contribution in [0, 0.1) is 17.1 Å². The monoisotopic (exact) mass is 400 g/mol. The van der Waals surface area contributed by atoms with E-state index in [1.807, 2.05) is 54.6 Å². The van der Waals surface area contributed by atoms with Gasteiger partial charge in [0.1, 0.15) is 11.9 Å². The lowest BCUT2D eigenvalue weighted by molar-refractivity contribution is -0.146. The van der Waals surface area contributed by atoms with Gasteiger partial charge in [-0.1, -0.05) is 66.7 Å². The first-order valence-electron chi connectivity index (χ1n) is 9.84. The van der Waals surface area contributed by atoms with Crippen molar-refractivity contribution in [3.63, 3.8) is 0 Å². The first-order chi connectivity index (χ1) is 14.6. The van der Waals surface area contributed by atoms with Crippen molar-refractivity contribution in [2.75, 3.05) is 6.61 Å². The Labute approximate surface area is 174 Å².